The summed E-state index contributed by atoms with van der Waals surface area (Å²) in [6.45, 7) is 4.44. The van der Waals surface area contributed by atoms with Crippen LogP contribution < -0.4 is 10.6 Å². The topological polar surface area (TPSA) is 81.7 Å². The van der Waals surface area contributed by atoms with Crippen molar-refractivity contribution in [1.82, 2.24) is 10.2 Å². The molecule has 142 valence electrons. The van der Waals surface area contributed by atoms with Crippen molar-refractivity contribution >= 4 is 17.5 Å². The summed E-state index contributed by atoms with van der Waals surface area (Å²) >= 11 is 0. The summed E-state index contributed by atoms with van der Waals surface area (Å²) in [5, 5.41) is 14.8. The summed E-state index contributed by atoms with van der Waals surface area (Å²) in [7, 11) is 0. The van der Waals surface area contributed by atoms with Crippen molar-refractivity contribution in [2.24, 2.45) is 0 Å². The lowest BCUT2D eigenvalue weighted by atomic mass is 10.0. The molecule has 1 aliphatic heterocycles. The van der Waals surface area contributed by atoms with Crippen LogP contribution in [0.4, 0.5) is 5.69 Å². The zero-order chi connectivity index (χ0) is 19.2. The Balaban J connectivity index is 1.45. The molecule has 1 fully saturated rings. The number of likely N-dealkylation sites (tertiary alicyclic amines) is 1. The first kappa shape index (κ1) is 18.9. The molecular formula is C21H25N3O3. The number of hydrogen-bond acceptors (Lipinski definition) is 4. The molecule has 2 amide bonds. The fourth-order valence-electron chi connectivity index (χ4n) is 3.30. The van der Waals surface area contributed by atoms with Crippen LogP contribution in [0.2, 0.25) is 0 Å². The number of rotatable bonds is 4. The van der Waals surface area contributed by atoms with Gasteiger partial charge in [-0.05, 0) is 49.1 Å². The Morgan fingerprint density at radius 2 is 1.78 bits per heavy atom. The molecule has 3 rings (SSSR count). The first-order valence-corrected chi connectivity index (χ1v) is 9.19. The maximum atomic E-state index is 12.2. The van der Waals surface area contributed by atoms with Gasteiger partial charge in [0.2, 0.25) is 0 Å². The number of phenolic OH excluding ortho intramolecular Hbond substituents is 1. The van der Waals surface area contributed by atoms with Gasteiger partial charge in [-0.2, -0.15) is 0 Å². The van der Waals surface area contributed by atoms with Gasteiger partial charge in [0, 0.05) is 31.4 Å². The Hall–Kier alpha value is -2.86. The lowest BCUT2D eigenvalue weighted by Crippen LogP contribution is -2.47. The highest BCUT2D eigenvalue weighted by atomic mass is 16.3. The number of anilines is 1. The lowest BCUT2D eigenvalue weighted by Gasteiger charge is -2.32. The molecular weight excluding hydrogens is 342 g/mol. The number of phenols is 1. The zero-order valence-corrected chi connectivity index (χ0v) is 15.4. The lowest BCUT2D eigenvalue weighted by molar-refractivity contribution is -0.136. The standard InChI is InChI=1S/C21H25N3O3/c1-15-13-18(25)7-8-19(15)23-21(27)20(26)22-17-9-11-24(12-10-17)14-16-5-3-2-4-6-16/h2-8,13,17,25H,9-12,14H2,1H3,(H,22,26)(H,23,27). The van der Waals surface area contributed by atoms with E-state index in [-0.39, 0.29) is 11.8 Å². The molecule has 1 heterocycles. The largest absolute Gasteiger partial charge is 0.508 e. The van der Waals surface area contributed by atoms with Gasteiger partial charge >= 0.3 is 11.8 Å². The molecule has 2 aromatic carbocycles. The second kappa shape index (κ2) is 8.68. The number of aromatic hydroxyl groups is 1. The Morgan fingerprint density at radius 1 is 1.07 bits per heavy atom. The number of aryl methyl sites for hydroxylation is 1. The average Bonchev–Trinajstić information content (AvgIpc) is 2.66. The number of hydrogen-bond donors (Lipinski definition) is 3. The highest BCUT2D eigenvalue weighted by Crippen LogP contribution is 2.20. The highest BCUT2D eigenvalue weighted by molar-refractivity contribution is 6.39. The van der Waals surface area contributed by atoms with Crippen LogP contribution in [-0.4, -0.2) is 41.0 Å². The molecule has 2 aromatic rings. The smallest absolute Gasteiger partial charge is 0.313 e. The zero-order valence-electron chi connectivity index (χ0n) is 15.4. The van der Waals surface area contributed by atoms with Crippen LogP contribution in [0.25, 0.3) is 0 Å². The molecule has 6 heteroatoms. The molecule has 0 atom stereocenters. The molecule has 27 heavy (non-hydrogen) atoms. The van der Waals surface area contributed by atoms with E-state index in [1.54, 1.807) is 13.0 Å². The molecule has 0 radical (unpaired) electrons. The van der Waals surface area contributed by atoms with E-state index in [1.807, 2.05) is 18.2 Å². The molecule has 0 saturated carbocycles. The fourth-order valence-corrected chi connectivity index (χ4v) is 3.30. The molecule has 6 nitrogen and oxygen atoms in total. The molecule has 1 aliphatic rings. The summed E-state index contributed by atoms with van der Waals surface area (Å²) in [6, 6.07) is 14.9. The van der Waals surface area contributed by atoms with Gasteiger partial charge in [-0.1, -0.05) is 30.3 Å². The van der Waals surface area contributed by atoms with Crippen LogP contribution in [0.15, 0.2) is 48.5 Å². The van der Waals surface area contributed by atoms with Crippen molar-refractivity contribution in [1.29, 1.82) is 0 Å². The maximum absolute atomic E-state index is 12.2. The van der Waals surface area contributed by atoms with E-state index >= 15 is 0 Å². The highest BCUT2D eigenvalue weighted by Gasteiger charge is 2.23. The number of carbonyl (C=O) groups is 2. The predicted molar refractivity (Wildman–Crippen MR) is 104 cm³/mol. The molecule has 3 N–H and O–H groups in total. The van der Waals surface area contributed by atoms with Crippen molar-refractivity contribution in [3.05, 3.63) is 59.7 Å². The van der Waals surface area contributed by atoms with Crippen molar-refractivity contribution < 1.29 is 14.7 Å². The van der Waals surface area contributed by atoms with Gasteiger partial charge in [0.25, 0.3) is 0 Å². The van der Waals surface area contributed by atoms with Crippen LogP contribution in [0.5, 0.6) is 5.75 Å². The summed E-state index contributed by atoms with van der Waals surface area (Å²) in [5.41, 5.74) is 2.50. The number of amides is 2. The number of nitrogens with one attached hydrogen (secondary N) is 2. The van der Waals surface area contributed by atoms with Crippen molar-refractivity contribution in [2.45, 2.75) is 32.4 Å². The van der Waals surface area contributed by atoms with E-state index in [1.165, 1.54) is 17.7 Å². The van der Waals surface area contributed by atoms with Crippen LogP contribution >= 0.6 is 0 Å². The molecule has 0 spiro atoms. The maximum Gasteiger partial charge on any atom is 0.313 e. The Kier molecular flexibility index (Phi) is 6.08. The van der Waals surface area contributed by atoms with E-state index in [4.69, 9.17) is 0 Å². The van der Waals surface area contributed by atoms with Gasteiger partial charge in [-0.3, -0.25) is 14.5 Å². The predicted octanol–water partition coefficient (Wildman–Crippen LogP) is 2.42. The van der Waals surface area contributed by atoms with Crippen LogP contribution in [-0.2, 0) is 16.1 Å². The molecule has 0 unspecified atom stereocenters. The van der Waals surface area contributed by atoms with Crippen molar-refractivity contribution in [3.8, 4) is 5.75 Å². The van der Waals surface area contributed by atoms with E-state index < -0.39 is 11.8 Å². The van der Waals surface area contributed by atoms with Gasteiger partial charge in [-0.25, -0.2) is 0 Å². The number of benzene rings is 2. The van der Waals surface area contributed by atoms with Crippen molar-refractivity contribution in [2.75, 3.05) is 18.4 Å². The summed E-state index contributed by atoms with van der Waals surface area (Å²) in [5.74, 6) is -1.18. The van der Waals surface area contributed by atoms with Crippen LogP contribution in [0.1, 0.15) is 24.0 Å². The van der Waals surface area contributed by atoms with Gasteiger partial charge in [-0.15, -0.1) is 0 Å². The van der Waals surface area contributed by atoms with Gasteiger partial charge in [0.15, 0.2) is 0 Å². The van der Waals surface area contributed by atoms with Crippen molar-refractivity contribution in [3.63, 3.8) is 0 Å². The number of carbonyl (C=O) groups excluding carboxylic acids is 2. The molecule has 0 bridgehead atoms. The minimum atomic E-state index is -0.685. The summed E-state index contributed by atoms with van der Waals surface area (Å²) in [6.07, 6.45) is 1.65. The van der Waals surface area contributed by atoms with E-state index in [0.29, 0.717) is 11.3 Å². The monoisotopic (exact) mass is 367 g/mol. The Bertz CT molecular complexity index is 800. The quantitative estimate of drug-likeness (QED) is 0.573. The van der Waals surface area contributed by atoms with Gasteiger partial charge in [0.1, 0.15) is 5.75 Å². The van der Waals surface area contributed by atoms with Gasteiger partial charge < -0.3 is 15.7 Å². The first-order chi connectivity index (χ1) is 13.0. The molecule has 1 saturated heterocycles. The Morgan fingerprint density at radius 3 is 2.44 bits per heavy atom. The first-order valence-electron chi connectivity index (χ1n) is 9.19. The minimum Gasteiger partial charge on any atom is -0.508 e. The second-order valence-electron chi connectivity index (χ2n) is 6.96. The summed E-state index contributed by atoms with van der Waals surface area (Å²) < 4.78 is 0. The normalized spacial score (nSPS) is 15.3. The summed E-state index contributed by atoms with van der Waals surface area (Å²) in [4.78, 5) is 26.7. The van der Waals surface area contributed by atoms with Gasteiger partial charge in [0.05, 0.1) is 0 Å². The second-order valence-corrected chi connectivity index (χ2v) is 6.96. The fraction of sp³-hybridized carbons (Fsp3) is 0.333. The minimum absolute atomic E-state index is 0.0104. The Labute approximate surface area is 159 Å². The number of nitrogens with zero attached hydrogens (tertiary/aromatic N) is 1. The number of piperidine rings is 1. The van der Waals surface area contributed by atoms with E-state index in [0.717, 1.165) is 32.5 Å². The molecule has 0 aliphatic carbocycles. The third-order valence-corrected chi connectivity index (χ3v) is 4.84. The average molecular weight is 367 g/mol. The molecule has 0 aromatic heterocycles. The third-order valence-electron chi connectivity index (χ3n) is 4.84. The SMILES string of the molecule is Cc1cc(O)ccc1NC(=O)C(=O)NC1CCN(Cc2ccccc2)CC1. The van der Waals surface area contributed by atoms with E-state index in [9.17, 15) is 14.7 Å². The third kappa shape index (κ3) is 5.31. The van der Waals surface area contributed by atoms with Crippen LogP contribution in [0, 0.1) is 6.92 Å². The van der Waals surface area contributed by atoms with E-state index in [2.05, 4.69) is 27.7 Å². The van der Waals surface area contributed by atoms with Crippen LogP contribution in [0.3, 0.4) is 0 Å².